The minimum Gasteiger partial charge on any atom is -0.364 e. The molecule has 1 aromatic heterocycles. The maximum absolute atomic E-state index is 11.8. The molecule has 5 heteroatoms. The highest BCUT2D eigenvalue weighted by molar-refractivity contribution is 5.94. The molecule has 1 unspecified atom stereocenters. The smallest absolute Gasteiger partial charge is 0.260 e. The van der Waals surface area contributed by atoms with Gasteiger partial charge in [0.15, 0.2) is 5.43 Å². The lowest BCUT2D eigenvalue weighted by atomic mass is 10.2. The Morgan fingerprint density at radius 2 is 2.25 bits per heavy atom. The third-order valence-electron chi connectivity index (χ3n) is 2.38. The summed E-state index contributed by atoms with van der Waals surface area (Å²) in [5.41, 5.74) is 0.408. The van der Waals surface area contributed by atoms with Crippen LogP contribution in [-0.4, -0.2) is 28.9 Å². The summed E-state index contributed by atoms with van der Waals surface area (Å²) in [4.78, 5) is 27.4. The van der Waals surface area contributed by atoms with Crippen LogP contribution in [0.2, 0.25) is 0 Å². The van der Waals surface area contributed by atoms with E-state index in [1.54, 1.807) is 13.8 Å². The van der Waals surface area contributed by atoms with E-state index in [-0.39, 0.29) is 11.0 Å². The van der Waals surface area contributed by atoms with Crippen LogP contribution >= 0.6 is 0 Å². The van der Waals surface area contributed by atoms with Crippen molar-refractivity contribution in [3.05, 3.63) is 33.7 Å². The normalized spacial score (nSPS) is 11.6. The van der Waals surface area contributed by atoms with Crippen molar-refractivity contribution in [2.24, 2.45) is 0 Å². The van der Waals surface area contributed by atoms with Crippen LogP contribution in [0, 0.1) is 18.3 Å². The van der Waals surface area contributed by atoms with E-state index in [2.05, 4.69) is 4.98 Å². The van der Waals surface area contributed by atoms with Crippen LogP contribution in [0.1, 0.15) is 23.0 Å². The average Bonchev–Trinajstić information content (AvgIpc) is 2.26. The molecule has 5 nitrogen and oxygen atoms in total. The Bertz CT molecular complexity index is 499. The van der Waals surface area contributed by atoms with Gasteiger partial charge in [0.2, 0.25) is 0 Å². The van der Waals surface area contributed by atoms with Crippen LogP contribution in [0.25, 0.3) is 0 Å². The van der Waals surface area contributed by atoms with Crippen LogP contribution in [0.15, 0.2) is 17.1 Å². The van der Waals surface area contributed by atoms with Gasteiger partial charge < -0.3 is 9.88 Å². The maximum atomic E-state index is 11.8. The highest BCUT2D eigenvalue weighted by Crippen LogP contribution is 2.01. The molecular formula is C11H13N3O2. The molecule has 0 aromatic carbocycles. The number of nitriles is 1. The Balaban J connectivity index is 3.07. The van der Waals surface area contributed by atoms with Crippen molar-refractivity contribution >= 4 is 5.91 Å². The van der Waals surface area contributed by atoms with Crippen molar-refractivity contribution in [3.63, 3.8) is 0 Å². The number of rotatable bonds is 2. The van der Waals surface area contributed by atoms with E-state index in [1.807, 2.05) is 6.07 Å². The van der Waals surface area contributed by atoms with Crippen molar-refractivity contribution in [2.75, 3.05) is 7.05 Å². The van der Waals surface area contributed by atoms with Gasteiger partial charge in [-0.15, -0.1) is 0 Å². The van der Waals surface area contributed by atoms with Crippen LogP contribution in [-0.2, 0) is 0 Å². The zero-order valence-electron chi connectivity index (χ0n) is 9.44. The van der Waals surface area contributed by atoms with Gasteiger partial charge in [-0.3, -0.25) is 9.59 Å². The second-order valence-electron chi connectivity index (χ2n) is 3.62. The predicted octanol–water partition coefficient (Wildman–Crippen LogP) is 0.667. The number of aromatic amines is 1. The molecule has 1 atom stereocenters. The summed E-state index contributed by atoms with van der Waals surface area (Å²) < 4.78 is 0. The highest BCUT2D eigenvalue weighted by Gasteiger charge is 2.19. The molecule has 1 rings (SSSR count). The number of carbonyl (C=O) groups is 1. The summed E-state index contributed by atoms with van der Waals surface area (Å²) in [6.45, 7) is 3.33. The molecule has 0 saturated carbocycles. The lowest BCUT2D eigenvalue weighted by Gasteiger charge is -2.18. The van der Waals surface area contributed by atoms with Crippen LogP contribution < -0.4 is 5.43 Å². The number of carbonyl (C=O) groups excluding carboxylic acids is 1. The van der Waals surface area contributed by atoms with Crippen molar-refractivity contribution < 1.29 is 4.79 Å². The van der Waals surface area contributed by atoms with Crippen LogP contribution in [0.4, 0.5) is 0 Å². The second-order valence-corrected chi connectivity index (χ2v) is 3.62. The molecule has 0 radical (unpaired) electrons. The minimum atomic E-state index is -0.562. The third kappa shape index (κ3) is 2.28. The number of nitrogens with one attached hydrogen (secondary N) is 1. The fraction of sp³-hybridized carbons (Fsp3) is 0.364. The first-order valence-corrected chi connectivity index (χ1v) is 4.83. The number of pyridine rings is 1. The molecule has 0 saturated heterocycles. The van der Waals surface area contributed by atoms with Gasteiger partial charge in [-0.25, -0.2) is 0 Å². The molecule has 0 spiro atoms. The first kappa shape index (κ1) is 12.0. The first-order chi connectivity index (χ1) is 7.47. The molecule has 1 N–H and O–H groups in total. The average molecular weight is 219 g/mol. The molecule has 16 heavy (non-hydrogen) atoms. The summed E-state index contributed by atoms with van der Waals surface area (Å²) in [7, 11) is 1.50. The Labute approximate surface area is 93.3 Å². The zero-order chi connectivity index (χ0) is 12.3. The molecule has 0 bridgehead atoms. The van der Waals surface area contributed by atoms with Gasteiger partial charge in [0.05, 0.1) is 6.07 Å². The number of aromatic nitrogens is 1. The molecule has 84 valence electrons. The Hall–Kier alpha value is -2.09. The Morgan fingerprint density at radius 1 is 1.62 bits per heavy atom. The lowest BCUT2D eigenvalue weighted by molar-refractivity contribution is 0.0771. The topological polar surface area (TPSA) is 77.0 Å². The van der Waals surface area contributed by atoms with E-state index >= 15 is 0 Å². The summed E-state index contributed by atoms with van der Waals surface area (Å²) in [6.07, 6.45) is 1.38. The summed E-state index contributed by atoms with van der Waals surface area (Å²) in [6, 6.07) is 2.74. The van der Waals surface area contributed by atoms with Gasteiger partial charge in [0, 0.05) is 25.0 Å². The Morgan fingerprint density at radius 3 is 2.75 bits per heavy atom. The first-order valence-electron chi connectivity index (χ1n) is 4.83. The molecule has 1 amide bonds. The van der Waals surface area contributed by atoms with Crippen molar-refractivity contribution in [1.82, 2.24) is 9.88 Å². The Kier molecular flexibility index (Phi) is 3.46. The minimum absolute atomic E-state index is 0.0511. The zero-order valence-corrected chi connectivity index (χ0v) is 9.44. The van der Waals surface area contributed by atoms with Crippen LogP contribution in [0.5, 0.6) is 0 Å². The highest BCUT2D eigenvalue weighted by atomic mass is 16.2. The number of hydrogen-bond donors (Lipinski definition) is 1. The maximum Gasteiger partial charge on any atom is 0.260 e. The number of H-pyrrole nitrogens is 1. The fourth-order valence-corrected chi connectivity index (χ4v) is 1.19. The van der Waals surface area contributed by atoms with Gasteiger partial charge in [0.1, 0.15) is 11.6 Å². The van der Waals surface area contributed by atoms with E-state index in [0.29, 0.717) is 5.69 Å². The van der Waals surface area contributed by atoms with E-state index < -0.39 is 11.9 Å². The quantitative estimate of drug-likeness (QED) is 0.794. The number of aryl methyl sites for hydroxylation is 1. The van der Waals surface area contributed by atoms with Crippen molar-refractivity contribution in [1.29, 1.82) is 5.26 Å². The number of nitrogens with zero attached hydrogens (tertiary/aromatic N) is 2. The number of amides is 1. The number of hydrogen-bond acceptors (Lipinski definition) is 3. The van der Waals surface area contributed by atoms with Crippen molar-refractivity contribution in [2.45, 2.75) is 19.9 Å². The molecule has 0 aliphatic rings. The van der Waals surface area contributed by atoms with Crippen LogP contribution in [0.3, 0.4) is 0 Å². The predicted molar refractivity (Wildman–Crippen MR) is 59.0 cm³/mol. The molecule has 0 aliphatic carbocycles. The van der Waals surface area contributed by atoms with Gasteiger partial charge in [-0.05, 0) is 13.8 Å². The van der Waals surface area contributed by atoms with Crippen molar-refractivity contribution in [3.8, 4) is 6.07 Å². The molecule has 1 aromatic rings. The van der Waals surface area contributed by atoms with E-state index in [9.17, 15) is 9.59 Å². The van der Waals surface area contributed by atoms with Gasteiger partial charge >= 0.3 is 0 Å². The molecule has 1 heterocycles. The molecular weight excluding hydrogens is 206 g/mol. The van der Waals surface area contributed by atoms with Gasteiger partial charge in [-0.1, -0.05) is 0 Å². The summed E-state index contributed by atoms with van der Waals surface area (Å²) >= 11 is 0. The largest absolute Gasteiger partial charge is 0.364 e. The fourth-order valence-electron chi connectivity index (χ4n) is 1.19. The SMILES string of the molecule is Cc1cc(=O)c(C(=O)N(C)C(C)C#N)c[nH]1. The standard InChI is InChI=1S/C11H13N3O2/c1-7-4-10(15)9(6-13-7)11(16)14(3)8(2)5-12/h4,6,8H,1-3H3,(H,13,15). The monoisotopic (exact) mass is 219 g/mol. The van der Waals surface area contributed by atoms with Gasteiger partial charge in [0.25, 0.3) is 5.91 Å². The van der Waals surface area contributed by atoms with E-state index in [0.717, 1.165) is 0 Å². The lowest BCUT2D eigenvalue weighted by Crippen LogP contribution is -2.36. The molecule has 0 aliphatic heterocycles. The van der Waals surface area contributed by atoms with Gasteiger partial charge in [-0.2, -0.15) is 5.26 Å². The third-order valence-corrected chi connectivity index (χ3v) is 2.38. The summed E-state index contributed by atoms with van der Waals surface area (Å²) in [5.74, 6) is -0.449. The van der Waals surface area contributed by atoms with E-state index in [1.165, 1.54) is 24.2 Å². The summed E-state index contributed by atoms with van der Waals surface area (Å²) in [5, 5.41) is 8.68. The molecule has 0 fully saturated rings. The second kappa shape index (κ2) is 4.62. The van der Waals surface area contributed by atoms with E-state index in [4.69, 9.17) is 5.26 Å².